The number of hydrogen-bond donors (Lipinski definition) is 2. The highest BCUT2D eigenvalue weighted by molar-refractivity contribution is 7.99. The quantitative estimate of drug-likeness (QED) is 0.586. The summed E-state index contributed by atoms with van der Waals surface area (Å²) in [6.45, 7) is 2.50. The first-order valence-electron chi connectivity index (χ1n) is 11.6. The Morgan fingerprint density at radius 3 is 2.76 bits per heavy atom. The molecule has 2 aromatic heterocycles. The average molecular weight is 478 g/mol. The maximum Gasteiger partial charge on any atom is 0.258 e. The van der Waals surface area contributed by atoms with E-state index >= 15 is 0 Å². The van der Waals surface area contributed by atoms with E-state index in [9.17, 15) is 5.11 Å². The monoisotopic (exact) mass is 477 g/mol. The zero-order valence-electron chi connectivity index (χ0n) is 18.8. The van der Waals surface area contributed by atoms with Crippen LogP contribution in [0, 0.1) is 5.41 Å². The summed E-state index contributed by atoms with van der Waals surface area (Å²) in [6.07, 6.45) is 6.48. The van der Waals surface area contributed by atoms with Gasteiger partial charge in [0.2, 0.25) is 0 Å². The maximum absolute atomic E-state index is 10.1. The Kier molecular flexibility index (Phi) is 5.55. The lowest BCUT2D eigenvalue weighted by Gasteiger charge is -2.42. The summed E-state index contributed by atoms with van der Waals surface area (Å²) in [6, 6.07) is 10.5. The molecule has 4 heterocycles. The van der Waals surface area contributed by atoms with E-state index in [0.29, 0.717) is 35.6 Å². The number of nitrogens with two attached hydrogens (primary N) is 1. The Labute approximate surface area is 202 Å². The summed E-state index contributed by atoms with van der Waals surface area (Å²) in [4.78, 5) is 16.8. The number of aliphatic hydroxyl groups is 1. The molecule has 1 aromatic carbocycles. The van der Waals surface area contributed by atoms with Gasteiger partial charge in [0, 0.05) is 25.3 Å². The van der Waals surface area contributed by atoms with Gasteiger partial charge < -0.3 is 25.2 Å². The number of ether oxygens (including phenoxy) is 2. The van der Waals surface area contributed by atoms with E-state index < -0.39 is 0 Å². The molecule has 3 aliphatic rings. The Balaban J connectivity index is 1.19. The van der Waals surface area contributed by atoms with Crippen molar-refractivity contribution >= 4 is 17.6 Å². The molecule has 0 radical (unpaired) electrons. The van der Waals surface area contributed by atoms with E-state index in [0.717, 1.165) is 43.1 Å². The number of rotatable bonds is 4. The fourth-order valence-corrected chi connectivity index (χ4v) is 6.27. The number of aromatic nitrogens is 3. The lowest BCUT2D eigenvalue weighted by molar-refractivity contribution is 0.160. The number of fused-ring (bicyclic) bond motifs is 2. The van der Waals surface area contributed by atoms with Crippen LogP contribution in [0.2, 0.25) is 0 Å². The van der Waals surface area contributed by atoms with Gasteiger partial charge in [-0.05, 0) is 41.9 Å². The number of nitrogens with zero attached hydrogens (tertiary/aromatic N) is 4. The zero-order chi connectivity index (χ0) is 23.1. The predicted molar refractivity (Wildman–Crippen MR) is 128 cm³/mol. The lowest BCUT2D eigenvalue weighted by atomic mass is 9.73. The average Bonchev–Trinajstić information content (AvgIpc) is 3.16. The number of hydrogen-bond acceptors (Lipinski definition) is 9. The normalized spacial score (nSPS) is 20.4. The van der Waals surface area contributed by atoms with Gasteiger partial charge in [0.15, 0.2) is 11.6 Å². The highest BCUT2D eigenvalue weighted by atomic mass is 32.2. The summed E-state index contributed by atoms with van der Waals surface area (Å²) >= 11 is 1.43. The van der Waals surface area contributed by atoms with Crippen LogP contribution >= 0.6 is 11.8 Å². The lowest BCUT2D eigenvalue weighted by Crippen LogP contribution is -2.45. The summed E-state index contributed by atoms with van der Waals surface area (Å²) in [7, 11) is 0. The molecule has 2 aliphatic heterocycles. The molecule has 0 saturated carbocycles. The molecule has 8 nitrogen and oxygen atoms in total. The van der Waals surface area contributed by atoms with Crippen LogP contribution in [0.5, 0.6) is 11.6 Å². The number of piperidine rings is 1. The molecule has 1 spiro atoms. The van der Waals surface area contributed by atoms with Crippen LogP contribution in [0.25, 0.3) is 0 Å². The molecule has 6 rings (SSSR count). The van der Waals surface area contributed by atoms with Gasteiger partial charge in [-0.3, -0.25) is 0 Å². The van der Waals surface area contributed by atoms with Gasteiger partial charge in [-0.2, -0.15) is 0 Å². The van der Waals surface area contributed by atoms with Crippen molar-refractivity contribution in [2.75, 3.05) is 31.2 Å². The molecule has 1 fully saturated rings. The second kappa shape index (κ2) is 8.72. The van der Waals surface area contributed by atoms with Gasteiger partial charge in [-0.1, -0.05) is 36.0 Å². The van der Waals surface area contributed by atoms with Crippen LogP contribution in [0.4, 0.5) is 5.82 Å². The Bertz CT molecular complexity index is 1210. The molecular formula is C25H27N5O3S. The third-order valence-electron chi connectivity index (χ3n) is 7.22. The van der Waals surface area contributed by atoms with E-state index in [1.807, 2.05) is 6.07 Å². The van der Waals surface area contributed by atoms with Gasteiger partial charge in [-0.15, -0.1) is 0 Å². The number of pyridine rings is 1. The fraction of sp³-hybridized carbons (Fsp3) is 0.400. The van der Waals surface area contributed by atoms with Gasteiger partial charge in [-0.25, -0.2) is 15.0 Å². The molecule has 0 amide bonds. The first-order valence-corrected chi connectivity index (χ1v) is 12.5. The number of anilines is 1. The predicted octanol–water partition coefficient (Wildman–Crippen LogP) is 3.13. The molecule has 1 aliphatic carbocycles. The van der Waals surface area contributed by atoms with Crippen LogP contribution < -0.4 is 20.1 Å². The van der Waals surface area contributed by atoms with E-state index in [-0.39, 0.29) is 18.1 Å². The first-order chi connectivity index (χ1) is 16.7. The van der Waals surface area contributed by atoms with Crippen LogP contribution in [0.3, 0.4) is 0 Å². The second-order valence-corrected chi connectivity index (χ2v) is 10.1. The Hall–Kier alpha value is -2.88. The van der Waals surface area contributed by atoms with Crippen LogP contribution in [0.1, 0.15) is 35.7 Å². The van der Waals surface area contributed by atoms with Crippen molar-refractivity contribution in [2.45, 2.75) is 41.8 Å². The molecule has 34 heavy (non-hydrogen) atoms. The molecular weight excluding hydrogens is 450 g/mol. The molecule has 1 atom stereocenters. The molecule has 3 aromatic rings. The maximum atomic E-state index is 10.1. The van der Waals surface area contributed by atoms with Crippen LogP contribution in [-0.4, -0.2) is 46.4 Å². The first kappa shape index (κ1) is 21.6. The van der Waals surface area contributed by atoms with Crippen molar-refractivity contribution in [3.8, 4) is 11.6 Å². The smallest absolute Gasteiger partial charge is 0.258 e. The standard InChI is InChI=1S/C25H27N5O3S/c26-22-17-4-2-1-3-16(17)13-25(22)6-9-30(10-7-25)23-18(15-31)29-20(14-28-23)34-19-5-8-27-24-21(19)32-11-12-33-24/h1-5,8,14,22,31H,6-7,9-13,15,26H2/t22-/m1/s1. The molecule has 1 saturated heterocycles. The second-order valence-electron chi connectivity index (χ2n) is 9.08. The highest BCUT2D eigenvalue weighted by Crippen LogP contribution is 2.51. The van der Waals surface area contributed by atoms with Crippen molar-refractivity contribution in [2.24, 2.45) is 11.1 Å². The topological polar surface area (TPSA) is 107 Å². The van der Waals surface area contributed by atoms with Crippen molar-refractivity contribution in [1.82, 2.24) is 15.0 Å². The third-order valence-corrected chi connectivity index (χ3v) is 8.17. The largest absolute Gasteiger partial charge is 0.483 e. The van der Waals surface area contributed by atoms with Crippen molar-refractivity contribution in [3.63, 3.8) is 0 Å². The number of aliphatic hydroxyl groups excluding tert-OH is 1. The molecule has 0 unspecified atom stereocenters. The Morgan fingerprint density at radius 1 is 1.12 bits per heavy atom. The van der Waals surface area contributed by atoms with E-state index in [1.165, 1.54) is 22.9 Å². The minimum atomic E-state index is -0.169. The van der Waals surface area contributed by atoms with Gasteiger partial charge >= 0.3 is 0 Å². The zero-order valence-corrected chi connectivity index (χ0v) is 19.6. The molecule has 0 bridgehead atoms. The van der Waals surface area contributed by atoms with Crippen molar-refractivity contribution in [3.05, 3.63) is 59.5 Å². The fourth-order valence-electron chi connectivity index (χ4n) is 5.41. The van der Waals surface area contributed by atoms with Crippen LogP contribution in [-0.2, 0) is 13.0 Å². The molecule has 9 heteroatoms. The SMILES string of the molecule is N[C@@H]1c2ccccc2CC12CCN(c1ncc(Sc3ccnc4c3OCCO4)nc1CO)CC2. The summed E-state index contributed by atoms with van der Waals surface area (Å²) < 4.78 is 11.3. The summed E-state index contributed by atoms with van der Waals surface area (Å²) in [5, 5.41) is 10.8. The van der Waals surface area contributed by atoms with Gasteiger partial charge in [0.05, 0.1) is 17.7 Å². The summed E-state index contributed by atoms with van der Waals surface area (Å²) in [5.41, 5.74) is 10.1. The van der Waals surface area contributed by atoms with Crippen LogP contribution in [0.15, 0.2) is 52.6 Å². The minimum absolute atomic E-state index is 0.0745. The number of benzene rings is 1. The van der Waals surface area contributed by atoms with Gasteiger partial charge in [0.25, 0.3) is 5.88 Å². The van der Waals surface area contributed by atoms with E-state index in [1.54, 1.807) is 12.4 Å². The minimum Gasteiger partial charge on any atom is -0.483 e. The van der Waals surface area contributed by atoms with Gasteiger partial charge in [0.1, 0.15) is 23.9 Å². The highest BCUT2D eigenvalue weighted by Gasteiger charge is 2.46. The third kappa shape index (κ3) is 3.68. The Morgan fingerprint density at radius 2 is 1.94 bits per heavy atom. The van der Waals surface area contributed by atoms with E-state index in [2.05, 4.69) is 34.1 Å². The van der Waals surface area contributed by atoms with E-state index in [4.69, 9.17) is 25.2 Å². The van der Waals surface area contributed by atoms with Crippen molar-refractivity contribution in [1.29, 1.82) is 0 Å². The van der Waals surface area contributed by atoms with Crippen molar-refractivity contribution < 1.29 is 14.6 Å². The molecule has 3 N–H and O–H groups in total. The molecule has 176 valence electrons. The summed E-state index contributed by atoms with van der Waals surface area (Å²) in [5.74, 6) is 1.88.